The van der Waals surface area contributed by atoms with Gasteiger partial charge in [-0.1, -0.05) is 6.42 Å². The van der Waals surface area contributed by atoms with Gasteiger partial charge in [-0.2, -0.15) is 0 Å². The number of halogens is 2. The number of nitrogens with two attached hydrogens (primary N) is 1. The number of imidazole rings is 1. The molecule has 1 aromatic heterocycles. The summed E-state index contributed by atoms with van der Waals surface area (Å²) in [5.41, 5.74) is 7.76. The molecule has 128 valence electrons. The molecule has 1 aliphatic heterocycles. The van der Waals surface area contributed by atoms with E-state index < -0.39 is 5.54 Å². The molecular weight excluding hydrogens is 335 g/mol. The lowest BCUT2D eigenvalue weighted by Gasteiger charge is -2.17. The second kappa shape index (κ2) is 7.51. The first kappa shape index (κ1) is 19.7. The van der Waals surface area contributed by atoms with Crippen LogP contribution in [-0.2, 0) is 17.8 Å². The first-order chi connectivity index (χ1) is 9.95. The highest BCUT2D eigenvalue weighted by Crippen LogP contribution is 2.24. The van der Waals surface area contributed by atoms with Gasteiger partial charge in [0, 0.05) is 18.7 Å². The van der Waals surface area contributed by atoms with Gasteiger partial charge in [0.2, 0.25) is 5.91 Å². The molecule has 5 nitrogen and oxygen atoms in total. The molecule has 1 aromatic carbocycles. The van der Waals surface area contributed by atoms with E-state index in [0.717, 1.165) is 35.5 Å². The van der Waals surface area contributed by atoms with Crippen molar-refractivity contribution >= 4 is 47.4 Å². The summed E-state index contributed by atoms with van der Waals surface area (Å²) in [4.78, 5) is 16.7. The molecule has 0 atom stereocenters. The Morgan fingerprint density at radius 3 is 2.70 bits per heavy atom. The number of fused-ring (bicyclic) bond motifs is 3. The molecule has 1 amide bonds. The van der Waals surface area contributed by atoms with E-state index in [4.69, 9.17) is 10.7 Å². The molecule has 0 saturated heterocycles. The maximum absolute atomic E-state index is 11.9. The summed E-state index contributed by atoms with van der Waals surface area (Å²) in [6.07, 6.45) is 4.71. The van der Waals surface area contributed by atoms with Gasteiger partial charge in [-0.25, -0.2) is 4.98 Å². The Balaban J connectivity index is 0.00000132. The lowest BCUT2D eigenvalue weighted by Crippen LogP contribution is -2.45. The number of amides is 1. The molecule has 2 aromatic rings. The zero-order valence-electron chi connectivity index (χ0n) is 13.5. The lowest BCUT2D eigenvalue weighted by molar-refractivity contribution is -0.120. The van der Waals surface area contributed by atoms with Crippen LogP contribution in [0.3, 0.4) is 0 Å². The molecule has 0 spiro atoms. The highest BCUT2D eigenvalue weighted by atomic mass is 35.5. The van der Waals surface area contributed by atoms with E-state index in [1.54, 1.807) is 13.8 Å². The maximum atomic E-state index is 11.9. The van der Waals surface area contributed by atoms with Gasteiger partial charge in [-0.05, 0) is 44.9 Å². The van der Waals surface area contributed by atoms with Crippen LogP contribution in [0.15, 0.2) is 18.2 Å². The maximum Gasteiger partial charge on any atom is 0.243 e. The molecule has 0 unspecified atom stereocenters. The van der Waals surface area contributed by atoms with Crippen LogP contribution < -0.4 is 11.1 Å². The van der Waals surface area contributed by atoms with Gasteiger partial charge in [0.15, 0.2) is 0 Å². The van der Waals surface area contributed by atoms with E-state index >= 15 is 0 Å². The SMILES string of the molecule is CC(C)(N)C(=O)Nc1ccc2c(c1)nc1n2CCCCC1.Cl.Cl. The van der Waals surface area contributed by atoms with E-state index in [9.17, 15) is 4.79 Å². The van der Waals surface area contributed by atoms with Crippen LogP contribution in [0.1, 0.15) is 38.9 Å². The summed E-state index contributed by atoms with van der Waals surface area (Å²) in [7, 11) is 0. The molecule has 0 saturated carbocycles. The molecule has 0 bridgehead atoms. The number of aryl methyl sites for hydroxylation is 2. The normalized spacial score (nSPS) is 14.2. The van der Waals surface area contributed by atoms with Crippen molar-refractivity contribution in [3.05, 3.63) is 24.0 Å². The fraction of sp³-hybridized carbons (Fsp3) is 0.500. The third kappa shape index (κ3) is 4.16. The van der Waals surface area contributed by atoms with E-state index in [-0.39, 0.29) is 30.7 Å². The molecule has 7 heteroatoms. The van der Waals surface area contributed by atoms with Gasteiger partial charge in [0.1, 0.15) is 5.82 Å². The van der Waals surface area contributed by atoms with Crippen molar-refractivity contribution in [2.45, 2.75) is 51.6 Å². The summed E-state index contributed by atoms with van der Waals surface area (Å²) in [6.45, 7) is 4.42. The Hall–Kier alpha value is -1.30. The smallest absolute Gasteiger partial charge is 0.243 e. The Bertz CT molecular complexity index is 691. The summed E-state index contributed by atoms with van der Waals surface area (Å²) in [5, 5.41) is 2.85. The number of rotatable bonds is 2. The third-order valence-corrected chi connectivity index (χ3v) is 3.95. The minimum absolute atomic E-state index is 0. The number of aromatic nitrogens is 2. The summed E-state index contributed by atoms with van der Waals surface area (Å²) in [5.74, 6) is 0.966. The van der Waals surface area contributed by atoms with E-state index in [1.165, 1.54) is 19.3 Å². The number of nitrogens with one attached hydrogen (secondary N) is 1. The average molecular weight is 359 g/mol. The van der Waals surface area contributed by atoms with Crippen LogP contribution in [-0.4, -0.2) is 21.0 Å². The van der Waals surface area contributed by atoms with Gasteiger partial charge in [0.05, 0.1) is 16.6 Å². The standard InChI is InChI=1S/C16H22N4O.2ClH/c1-16(2,17)15(21)18-11-7-8-13-12(10-11)19-14-6-4-3-5-9-20(13)14;;/h7-8,10H,3-6,9,17H2,1-2H3,(H,18,21);2*1H. The Morgan fingerprint density at radius 1 is 1.26 bits per heavy atom. The molecule has 0 radical (unpaired) electrons. The largest absolute Gasteiger partial charge is 0.328 e. The fourth-order valence-corrected chi connectivity index (χ4v) is 2.72. The van der Waals surface area contributed by atoms with Crippen molar-refractivity contribution < 1.29 is 4.79 Å². The highest BCUT2D eigenvalue weighted by molar-refractivity contribution is 5.98. The van der Waals surface area contributed by atoms with Gasteiger partial charge in [-0.15, -0.1) is 24.8 Å². The van der Waals surface area contributed by atoms with Gasteiger partial charge in [0.25, 0.3) is 0 Å². The van der Waals surface area contributed by atoms with Gasteiger partial charge >= 0.3 is 0 Å². The molecule has 2 heterocycles. The number of carbonyl (C=O) groups excluding carboxylic acids is 1. The van der Waals surface area contributed by atoms with Crippen molar-refractivity contribution in [2.24, 2.45) is 5.73 Å². The predicted molar refractivity (Wildman–Crippen MR) is 98.7 cm³/mol. The topological polar surface area (TPSA) is 72.9 Å². The summed E-state index contributed by atoms with van der Waals surface area (Å²) in [6, 6.07) is 5.89. The number of nitrogens with zero attached hydrogens (tertiary/aromatic N) is 2. The first-order valence-corrected chi connectivity index (χ1v) is 7.55. The Kier molecular flexibility index (Phi) is 6.45. The zero-order valence-corrected chi connectivity index (χ0v) is 15.1. The average Bonchev–Trinajstić information content (AvgIpc) is 2.59. The van der Waals surface area contributed by atoms with Crippen molar-refractivity contribution in [1.82, 2.24) is 9.55 Å². The minimum Gasteiger partial charge on any atom is -0.328 e. The van der Waals surface area contributed by atoms with Crippen molar-refractivity contribution in [2.75, 3.05) is 5.32 Å². The number of carbonyl (C=O) groups is 1. The van der Waals surface area contributed by atoms with Crippen molar-refractivity contribution in [3.63, 3.8) is 0 Å². The van der Waals surface area contributed by atoms with E-state index in [1.807, 2.05) is 18.2 Å². The van der Waals surface area contributed by atoms with Gasteiger partial charge in [-0.3, -0.25) is 4.79 Å². The lowest BCUT2D eigenvalue weighted by atomic mass is 10.1. The number of anilines is 1. The Morgan fingerprint density at radius 2 is 2.00 bits per heavy atom. The van der Waals surface area contributed by atoms with Crippen molar-refractivity contribution in [3.8, 4) is 0 Å². The third-order valence-electron chi connectivity index (χ3n) is 3.95. The molecule has 0 aliphatic carbocycles. The van der Waals surface area contributed by atoms with Crippen LogP contribution in [0.5, 0.6) is 0 Å². The monoisotopic (exact) mass is 358 g/mol. The number of hydrogen-bond donors (Lipinski definition) is 2. The van der Waals surface area contributed by atoms with Crippen LogP contribution in [0.4, 0.5) is 5.69 Å². The van der Waals surface area contributed by atoms with Crippen molar-refractivity contribution in [1.29, 1.82) is 0 Å². The van der Waals surface area contributed by atoms with Crippen LogP contribution >= 0.6 is 24.8 Å². The quantitative estimate of drug-likeness (QED) is 0.864. The summed E-state index contributed by atoms with van der Waals surface area (Å²) < 4.78 is 2.31. The summed E-state index contributed by atoms with van der Waals surface area (Å²) >= 11 is 0. The molecule has 1 aliphatic rings. The van der Waals surface area contributed by atoms with E-state index in [2.05, 4.69) is 9.88 Å². The zero-order chi connectivity index (χ0) is 15.0. The second-order valence-electron chi connectivity index (χ2n) is 6.37. The molecular formula is C16H24Cl2N4O. The number of benzene rings is 1. The first-order valence-electron chi connectivity index (χ1n) is 7.55. The minimum atomic E-state index is -0.889. The van der Waals surface area contributed by atoms with Crippen LogP contribution in [0.2, 0.25) is 0 Å². The predicted octanol–water partition coefficient (Wildman–Crippen LogP) is 3.28. The van der Waals surface area contributed by atoms with Crippen LogP contribution in [0, 0.1) is 0 Å². The highest BCUT2D eigenvalue weighted by Gasteiger charge is 2.22. The van der Waals surface area contributed by atoms with E-state index in [0.29, 0.717) is 0 Å². The molecule has 0 fully saturated rings. The van der Waals surface area contributed by atoms with Crippen LogP contribution in [0.25, 0.3) is 11.0 Å². The molecule has 23 heavy (non-hydrogen) atoms. The fourth-order valence-electron chi connectivity index (χ4n) is 2.72. The number of hydrogen-bond acceptors (Lipinski definition) is 3. The molecule has 3 N–H and O–H groups in total. The molecule has 3 rings (SSSR count). The Labute approximate surface area is 148 Å². The second-order valence-corrected chi connectivity index (χ2v) is 6.37. The van der Waals surface area contributed by atoms with Gasteiger partial charge < -0.3 is 15.6 Å².